The maximum absolute atomic E-state index is 9.42. The lowest BCUT2D eigenvalue weighted by molar-refractivity contribution is -0.201. The van der Waals surface area contributed by atoms with Gasteiger partial charge in [0.05, 0.1) is 19.3 Å². The number of aliphatic hydroxyl groups is 1. The van der Waals surface area contributed by atoms with E-state index >= 15 is 0 Å². The van der Waals surface area contributed by atoms with Crippen molar-refractivity contribution in [1.29, 1.82) is 0 Å². The van der Waals surface area contributed by atoms with Crippen molar-refractivity contribution in [3.8, 4) is 0 Å². The monoisotopic (exact) mass is 197 g/mol. The molecule has 3 heteroatoms. The molecule has 0 aromatic rings. The van der Waals surface area contributed by atoms with Crippen LogP contribution in [0.4, 0.5) is 0 Å². The van der Waals surface area contributed by atoms with Crippen molar-refractivity contribution in [2.24, 2.45) is 5.41 Å². The molecule has 0 unspecified atom stereocenters. The maximum Gasteiger partial charge on any atom is 0.0569 e. The molecule has 80 valence electrons. The highest BCUT2D eigenvalue weighted by Crippen LogP contribution is 2.40. The topological polar surface area (TPSA) is 32.7 Å². The molecule has 1 aliphatic carbocycles. The van der Waals surface area contributed by atoms with Gasteiger partial charge in [-0.05, 0) is 25.7 Å². The highest BCUT2D eigenvalue weighted by Gasteiger charge is 2.50. The summed E-state index contributed by atoms with van der Waals surface area (Å²) < 4.78 is 5.27. The molecular weight excluding hydrogens is 178 g/mol. The predicted molar refractivity (Wildman–Crippen MR) is 53.1 cm³/mol. The molecule has 0 aromatic heterocycles. The van der Waals surface area contributed by atoms with Gasteiger partial charge in [0.15, 0.2) is 0 Å². The first-order valence-corrected chi connectivity index (χ1v) is 5.77. The largest absolute Gasteiger partial charge is 0.393 e. The molecule has 3 nitrogen and oxygen atoms in total. The molecule has 0 atom stereocenters. The van der Waals surface area contributed by atoms with Crippen LogP contribution in [0, 0.1) is 5.41 Å². The molecular formula is C11H19NO2. The van der Waals surface area contributed by atoms with Crippen molar-refractivity contribution in [2.75, 3.05) is 26.3 Å². The first-order chi connectivity index (χ1) is 6.77. The van der Waals surface area contributed by atoms with Crippen LogP contribution in [0.25, 0.3) is 0 Å². The van der Waals surface area contributed by atoms with Crippen molar-refractivity contribution in [2.45, 2.75) is 37.8 Å². The maximum atomic E-state index is 9.42. The minimum absolute atomic E-state index is 0.0199. The van der Waals surface area contributed by atoms with Gasteiger partial charge in [-0.15, -0.1) is 0 Å². The average Bonchev–Trinajstić information content (AvgIpc) is 2.03. The Labute approximate surface area is 85.0 Å². The summed E-state index contributed by atoms with van der Waals surface area (Å²) >= 11 is 0. The lowest BCUT2D eigenvalue weighted by atomic mass is 9.75. The Morgan fingerprint density at radius 1 is 1.07 bits per heavy atom. The fraction of sp³-hybridized carbons (Fsp3) is 1.00. The number of nitrogens with zero attached hydrogens (tertiary/aromatic N) is 1. The molecule has 3 rings (SSSR count). The summed E-state index contributed by atoms with van der Waals surface area (Å²) in [5.74, 6) is 0. The first-order valence-electron chi connectivity index (χ1n) is 5.77. The van der Waals surface area contributed by atoms with E-state index in [0.717, 1.165) is 32.1 Å². The zero-order valence-corrected chi connectivity index (χ0v) is 8.61. The van der Waals surface area contributed by atoms with Crippen LogP contribution < -0.4 is 0 Å². The molecule has 1 saturated carbocycles. The molecule has 2 saturated heterocycles. The summed E-state index contributed by atoms with van der Waals surface area (Å²) in [6.07, 6.45) is 4.37. The van der Waals surface area contributed by atoms with Gasteiger partial charge in [-0.25, -0.2) is 0 Å². The van der Waals surface area contributed by atoms with Crippen LogP contribution in [0.3, 0.4) is 0 Å². The van der Waals surface area contributed by atoms with Crippen molar-refractivity contribution < 1.29 is 9.84 Å². The zero-order chi connectivity index (χ0) is 9.60. The van der Waals surface area contributed by atoms with E-state index in [1.165, 1.54) is 25.9 Å². The Morgan fingerprint density at radius 2 is 1.71 bits per heavy atom. The Hall–Kier alpha value is -0.120. The summed E-state index contributed by atoms with van der Waals surface area (Å²) in [6, 6.07) is 0.754. The molecule has 0 radical (unpaired) electrons. The van der Waals surface area contributed by atoms with Gasteiger partial charge in [0.1, 0.15) is 0 Å². The fourth-order valence-corrected chi connectivity index (χ4v) is 3.07. The summed E-state index contributed by atoms with van der Waals surface area (Å²) in [5, 5.41) is 9.42. The normalized spacial score (nSPS) is 41.8. The number of ether oxygens (including phenoxy) is 1. The number of hydrogen-bond acceptors (Lipinski definition) is 3. The number of hydrogen-bond donors (Lipinski definition) is 1. The highest BCUT2D eigenvalue weighted by atomic mass is 16.5. The van der Waals surface area contributed by atoms with Crippen LogP contribution in [-0.2, 0) is 4.74 Å². The second-order valence-electron chi connectivity index (χ2n) is 5.36. The van der Waals surface area contributed by atoms with E-state index < -0.39 is 0 Å². The molecule has 0 bridgehead atoms. The average molecular weight is 197 g/mol. The van der Waals surface area contributed by atoms with E-state index in [2.05, 4.69) is 4.90 Å². The highest BCUT2D eigenvalue weighted by molar-refractivity contribution is 5.02. The molecule has 1 N–H and O–H groups in total. The fourth-order valence-electron chi connectivity index (χ4n) is 3.07. The number of rotatable bonds is 1. The molecule has 2 aliphatic heterocycles. The van der Waals surface area contributed by atoms with Gasteiger partial charge in [-0.3, -0.25) is 4.90 Å². The van der Waals surface area contributed by atoms with E-state index in [9.17, 15) is 5.11 Å². The van der Waals surface area contributed by atoms with Crippen molar-refractivity contribution in [3.63, 3.8) is 0 Å². The summed E-state index contributed by atoms with van der Waals surface area (Å²) in [6.45, 7) is 4.46. The molecule has 3 aliphatic rings. The Bertz CT molecular complexity index is 211. The minimum atomic E-state index is -0.0199. The van der Waals surface area contributed by atoms with Crippen LogP contribution in [0.1, 0.15) is 25.7 Å². The van der Waals surface area contributed by atoms with E-state index in [1.54, 1.807) is 0 Å². The Kier molecular flexibility index (Phi) is 2.08. The van der Waals surface area contributed by atoms with E-state index in [-0.39, 0.29) is 6.10 Å². The second-order valence-corrected chi connectivity index (χ2v) is 5.36. The quantitative estimate of drug-likeness (QED) is 0.669. The van der Waals surface area contributed by atoms with Gasteiger partial charge in [-0.2, -0.15) is 0 Å². The lowest BCUT2D eigenvalue weighted by Crippen LogP contribution is -2.68. The molecule has 0 aromatic carbocycles. The van der Waals surface area contributed by atoms with Gasteiger partial charge >= 0.3 is 0 Å². The third kappa shape index (κ3) is 1.38. The van der Waals surface area contributed by atoms with Crippen LogP contribution in [-0.4, -0.2) is 48.5 Å². The molecule has 3 fully saturated rings. The van der Waals surface area contributed by atoms with Crippen LogP contribution in [0.2, 0.25) is 0 Å². The van der Waals surface area contributed by atoms with Crippen LogP contribution >= 0.6 is 0 Å². The van der Waals surface area contributed by atoms with Gasteiger partial charge in [-0.1, -0.05) is 0 Å². The molecule has 1 spiro atoms. The molecule has 0 amide bonds. The zero-order valence-electron chi connectivity index (χ0n) is 8.61. The van der Waals surface area contributed by atoms with E-state index in [4.69, 9.17) is 4.74 Å². The summed E-state index contributed by atoms with van der Waals surface area (Å²) in [5.41, 5.74) is 0.552. The predicted octanol–water partition coefficient (Wildman–Crippen LogP) is 0.622. The second kappa shape index (κ2) is 3.19. The molecule has 2 heterocycles. The van der Waals surface area contributed by atoms with E-state index in [0.29, 0.717) is 5.41 Å². The smallest absolute Gasteiger partial charge is 0.0569 e. The SMILES string of the molecule is O[C@H]1CC[C@H](N2CC3(COC3)C2)CC1. The summed E-state index contributed by atoms with van der Waals surface area (Å²) in [7, 11) is 0. The Balaban J connectivity index is 1.49. The third-order valence-corrected chi connectivity index (χ3v) is 4.08. The molecule has 14 heavy (non-hydrogen) atoms. The minimum Gasteiger partial charge on any atom is -0.393 e. The summed E-state index contributed by atoms with van der Waals surface area (Å²) in [4.78, 5) is 2.59. The van der Waals surface area contributed by atoms with Gasteiger partial charge in [0.25, 0.3) is 0 Å². The van der Waals surface area contributed by atoms with Gasteiger partial charge < -0.3 is 9.84 Å². The van der Waals surface area contributed by atoms with Gasteiger partial charge in [0.2, 0.25) is 0 Å². The van der Waals surface area contributed by atoms with E-state index in [1.807, 2.05) is 0 Å². The first kappa shape index (κ1) is 9.13. The number of aliphatic hydroxyl groups excluding tert-OH is 1. The van der Waals surface area contributed by atoms with Crippen LogP contribution in [0.5, 0.6) is 0 Å². The Morgan fingerprint density at radius 3 is 2.21 bits per heavy atom. The van der Waals surface area contributed by atoms with Crippen molar-refractivity contribution >= 4 is 0 Å². The third-order valence-electron chi connectivity index (χ3n) is 4.08. The van der Waals surface area contributed by atoms with Crippen molar-refractivity contribution in [1.82, 2.24) is 4.90 Å². The number of likely N-dealkylation sites (tertiary alicyclic amines) is 1. The lowest BCUT2D eigenvalue weighted by Gasteiger charge is -2.58. The van der Waals surface area contributed by atoms with Crippen LogP contribution in [0.15, 0.2) is 0 Å². The standard InChI is InChI=1S/C11H19NO2/c13-10-3-1-9(2-4-10)12-5-11(6-12)7-14-8-11/h9-10,13H,1-8H2/t9-,10-. The van der Waals surface area contributed by atoms with Gasteiger partial charge in [0, 0.05) is 24.5 Å². The van der Waals surface area contributed by atoms with Crippen molar-refractivity contribution in [3.05, 3.63) is 0 Å².